The minimum absolute atomic E-state index is 0.261. The highest BCUT2D eigenvalue weighted by Crippen LogP contribution is 2.37. The lowest BCUT2D eigenvalue weighted by Gasteiger charge is -2.24. The van der Waals surface area contributed by atoms with Crippen LogP contribution >= 0.6 is 0 Å². The maximum Gasteiger partial charge on any atom is 0.475 e. The Morgan fingerprint density at radius 3 is 2.29 bits per heavy atom. The Morgan fingerprint density at radius 1 is 1.18 bits per heavy atom. The van der Waals surface area contributed by atoms with Crippen LogP contribution in [0.15, 0.2) is 24.3 Å². The third-order valence-electron chi connectivity index (χ3n) is 4.75. The second-order valence-electron chi connectivity index (χ2n) is 7.54. The van der Waals surface area contributed by atoms with Gasteiger partial charge in [0.05, 0.1) is 17.1 Å². The van der Waals surface area contributed by atoms with Gasteiger partial charge < -0.3 is 20.7 Å². The Kier molecular flexibility index (Phi) is 6.77. The van der Waals surface area contributed by atoms with Crippen LogP contribution in [0.2, 0.25) is 0 Å². The molecule has 0 spiro atoms. The summed E-state index contributed by atoms with van der Waals surface area (Å²) in [6.07, 6.45) is -3.22. The van der Waals surface area contributed by atoms with Crippen molar-refractivity contribution in [2.24, 2.45) is 5.92 Å². The highest BCUT2D eigenvalue weighted by molar-refractivity contribution is 6.43. The van der Waals surface area contributed by atoms with Crippen LogP contribution in [0.5, 0.6) is 0 Å². The molecule has 1 fully saturated rings. The van der Waals surface area contributed by atoms with Gasteiger partial charge in [-0.2, -0.15) is 13.2 Å². The molecule has 28 heavy (non-hydrogen) atoms. The van der Waals surface area contributed by atoms with E-state index in [2.05, 4.69) is 10.6 Å². The van der Waals surface area contributed by atoms with Crippen LogP contribution in [0.25, 0.3) is 0 Å². The Balaban J connectivity index is 2.10. The molecule has 6 nitrogen and oxygen atoms in total. The smallest absolute Gasteiger partial charge is 0.426 e. The highest BCUT2D eigenvalue weighted by atomic mass is 19.4. The fraction of sp³-hybridized carbons (Fsp3) is 0.556. The molecule has 1 aromatic carbocycles. The Hall–Kier alpha value is -2.07. The third-order valence-corrected chi connectivity index (χ3v) is 4.75. The van der Waals surface area contributed by atoms with E-state index in [9.17, 15) is 32.8 Å². The molecule has 0 heterocycles. The first kappa shape index (κ1) is 22.2. The highest BCUT2D eigenvalue weighted by Gasteiger charge is 2.52. The Bertz CT molecular complexity index is 721. The molecule has 1 aliphatic rings. The zero-order valence-electron chi connectivity index (χ0n) is 15.7. The van der Waals surface area contributed by atoms with Gasteiger partial charge in [-0.05, 0) is 43.7 Å². The number of rotatable bonds is 8. The number of benzene rings is 1. The summed E-state index contributed by atoms with van der Waals surface area (Å²) in [5, 5.41) is 23.8. The third kappa shape index (κ3) is 5.48. The second kappa shape index (κ2) is 8.52. The Labute approximate surface area is 161 Å². The minimum atomic E-state index is -4.70. The van der Waals surface area contributed by atoms with Gasteiger partial charge in [-0.3, -0.25) is 9.59 Å². The molecule has 10 heteroatoms. The maximum atomic E-state index is 13.1. The van der Waals surface area contributed by atoms with Gasteiger partial charge in [0, 0.05) is 0 Å². The van der Waals surface area contributed by atoms with Crippen molar-refractivity contribution in [3.8, 4) is 0 Å². The number of carbonyl (C=O) groups excluding carboxylic acids is 2. The normalized spacial score (nSPS) is 16.4. The molecule has 2 amide bonds. The zero-order chi connectivity index (χ0) is 21.1. The molecule has 1 aromatic rings. The monoisotopic (exact) mass is 400 g/mol. The van der Waals surface area contributed by atoms with E-state index in [-0.39, 0.29) is 18.8 Å². The number of halogens is 3. The number of hydrogen-bond acceptors (Lipinski definition) is 4. The second-order valence-corrected chi connectivity index (χ2v) is 7.54. The first-order valence-corrected chi connectivity index (χ1v) is 9.12. The van der Waals surface area contributed by atoms with E-state index in [0.717, 1.165) is 12.1 Å². The van der Waals surface area contributed by atoms with Crippen molar-refractivity contribution in [2.75, 3.05) is 0 Å². The summed E-state index contributed by atoms with van der Waals surface area (Å²) in [4.78, 5) is 25.0. The van der Waals surface area contributed by atoms with Crippen LogP contribution in [-0.4, -0.2) is 40.5 Å². The summed E-state index contributed by atoms with van der Waals surface area (Å²) >= 11 is 0. The standard InChI is InChI=1S/C18H24BF3N2O4/c1-11(2)7-8-14(19(27)28)23-16(26)17(9-10-17)24-15(25)12-5-3-4-6-13(12)18(20,21)22/h3-6,11,14,27-28H,7-10H2,1-2H3,(H,23,26)(H,24,25)/t14-/m0/s1. The lowest BCUT2D eigenvalue weighted by atomic mass is 9.75. The quantitative estimate of drug-likeness (QED) is 0.501. The van der Waals surface area contributed by atoms with E-state index in [1.807, 2.05) is 13.8 Å². The number of amides is 2. The van der Waals surface area contributed by atoms with Gasteiger partial charge in [0.1, 0.15) is 5.54 Å². The van der Waals surface area contributed by atoms with E-state index in [1.165, 1.54) is 12.1 Å². The summed E-state index contributed by atoms with van der Waals surface area (Å²) in [6.45, 7) is 3.90. The first-order chi connectivity index (χ1) is 13.0. The van der Waals surface area contributed by atoms with Gasteiger partial charge in [0.15, 0.2) is 0 Å². The maximum absolute atomic E-state index is 13.1. The summed E-state index contributed by atoms with van der Waals surface area (Å²) < 4.78 is 39.3. The molecule has 0 radical (unpaired) electrons. The van der Waals surface area contributed by atoms with Gasteiger partial charge in [-0.1, -0.05) is 26.0 Å². The van der Waals surface area contributed by atoms with Crippen LogP contribution in [0.1, 0.15) is 55.5 Å². The molecular weight excluding hydrogens is 376 g/mol. The molecule has 1 aliphatic carbocycles. The summed E-state index contributed by atoms with van der Waals surface area (Å²) in [7, 11) is -1.78. The van der Waals surface area contributed by atoms with Gasteiger partial charge in [0.25, 0.3) is 5.91 Å². The van der Waals surface area contributed by atoms with Crippen LogP contribution < -0.4 is 10.6 Å². The molecule has 0 aromatic heterocycles. The lowest BCUT2D eigenvalue weighted by Crippen LogP contribution is -2.55. The molecule has 4 N–H and O–H groups in total. The summed E-state index contributed by atoms with van der Waals surface area (Å²) in [6, 6.07) is 4.35. The first-order valence-electron chi connectivity index (χ1n) is 9.12. The largest absolute Gasteiger partial charge is 0.475 e. The van der Waals surface area contributed by atoms with E-state index in [0.29, 0.717) is 12.8 Å². The molecule has 0 aliphatic heterocycles. The fourth-order valence-corrected chi connectivity index (χ4v) is 2.86. The van der Waals surface area contributed by atoms with Crippen LogP contribution in [-0.2, 0) is 11.0 Å². The Morgan fingerprint density at radius 2 is 1.79 bits per heavy atom. The van der Waals surface area contributed by atoms with Crippen LogP contribution in [0.3, 0.4) is 0 Å². The van der Waals surface area contributed by atoms with E-state index < -0.39 is 47.7 Å². The van der Waals surface area contributed by atoms with Crippen molar-refractivity contribution < 1.29 is 32.8 Å². The lowest BCUT2D eigenvalue weighted by molar-refractivity contribution is -0.137. The van der Waals surface area contributed by atoms with Gasteiger partial charge >= 0.3 is 13.3 Å². The fourth-order valence-electron chi connectivity index (χ4n) is 2.86. The SMILES string of the molecule is CC(C)CC[C@H](NC(=O)C1(NC(=O)c2ccccc2C(F)(F)F)CC1)B(O)O. The topological polar surface area (TPSA) is 98.7 Å². The number of alkyl halides is 3. The van der Waals surface area contributed by atoms with Crippen molar-refractivity contribution in [1.29, 1.82) is 0 Å². The van der Waals surface area contributed by atoms with Crippen molar-refractivity contribution >= 4 is 18.9 Å². The predicted molar refractivity (Wildman–Crippen MR) is 97.1 cm³/mol. The van der Waals surface area contributed by atoms with Crippen LogP contribution in [0, 0.1) is 5.92 Å². The molecule has 1 atom stereocenters. The molecule has 0 unspecified atom stereocenters. The molecule has 2 rings (SSSR count). The summed E-state index contributed by atoms with van der Waals surface area (Å²) in [5.41, 5.74) is -2.97. The van der Waals surface area contributed by atoms with E-state index in [4.69, 9.17) is 0 Å². The average Bonchev–Trinajstić information content (AvgIpc) is 3.38. The number of nitrogens with one attached hydrogen (secondary N) is 2. The number of hydrogen-bond donors (Lipinski definition) is 4. The molecule has 0 saturated heterocycles. The van der Waals surface area contributed by atoms with E-state index in [1.54, 1.807) is 0 Å². The minimum Gasteiger partial charge on any atom is -0.426 e. The van der Waals surface area contributed by atoms with Crippen molar-refractivity contribution in [1.82, 2.24) is 10.6 Å². The van der Waals surface area contributed by atoms with Crippen LogP contribution in [0.4, 0.5) is 13.2 Å². The predicted octanol–water partition coefficient (Wildman–Crippen LogP) is 1.90. The number of carbonyl (C=O) groups is 2. The molecule has 0 bridgehead atoms. The van der Waals surface area contributed by atoms with E-state index >= 15 is 0 Å². The molecule has 154 valence electrons. The van der Waals surface area contributed by atoms with Crippen molar-refractivity contribution in [3.05, 3.63) is 35.4 Å². The zero-order valence-corrected chi connectivity index (χ0v) is 15.7. The molecular formula is C18H24BF3N2O4. The summed E-state index contributed by atoms with van der Waals surface area (Å²) in [5.74, 6) is -2.27. The molecule has 1 saturated carbocycles. The average molecular weight is 400 g/mol. The van der Waals surface area contributed by atoms with Gasteiger partial charge in [0.2, 0.25) is 5.91 Å². The van der Waals surface area contributed by atoms with Crippen molar-refractivity contribution in [2.45, 2.75) is 57.2 Å². The van der Waals surface area contributed by atoms with Gasteiger partial charge in [-0.25, -0.2) is 0 Å². The van der Waals surface area contributed by atoms with Crippen molar-refractivity contribution in [3.63, 3.8) is 0 Å². The van der Waals surface area contributed by atoms with Gasteiger partial charge in [-0.15, -0.1) is 0 Å².